The number of halogens is 3. The number of carbonyl (C=O) groups excluding carboxylic acids is 2. The summed E-state index contributed by atoms with van der Waals surface area (Å²) in [6.07, 6.45) is -4.78. The molecule has 0 spiro atoms. The maximum atomic E-state index is 12.6. The Morgan fingerprint density at radius 2 is 1.59 bits per heavy atom. The molecule has 2 aromatic carbocycles. The van der Waals surface area contributed by atoms with Crippen LogP contribution in [0.15, 0.2) is 54.6 Å². The lowest BCUT2D eigenvalue weighted by Crippen LogP contribution is -2.41. The molecule has 0 aliphatic heterocycles. The van der Waals surface area contributed by atoms with Crippen molar-refractivity contribution in [2.75, 3.05) is 33.0 Å². The molecule has 0 aliphatic rings. The molecule has 9 heteroatoms. The average molecular weight is 409 g/mol. The summed E-state index contributed by atoms with van der Waals surface area (Å²) in [6, 6.07) is 13.2. The fraction of sp³-hybridized carbons (Fsp3) is 0.300. The van der Waals surface area contributed by atoms with Crippen molar-refractivity contribution in [1.82, 2.24) is 9.80 Å². The molecule has 1 N–H and O–H groups in total. The van der Waals surface area contributed by atoms with Crippen LogP contribution in [-0.4, -0.2) is 55.7 Å². The molecule has 0 fully saturated rings. The highest BCUT2D eigenvalue weighted by Crippen LogP contribution is 2.24. The van der Waals surface area contributed by atoms with Crippen molar-refractivity contribution in [1.29, 1.82) is 0 Å². The zero-order valence-electron chi connectivity index (χ0n) is 16.2. The van der Waals surface area contributed by atoms with Crippen LogP contribution in [0.5, 0.6) is 5.75 Å². The number of carbonyl (C=O) groups is 2. The third-order valence-electron chi connectivity index (χ3n) is 4.00. The Morgan fingerprint density at radius 3 is 2.10 bits per heavy atom. The Hall–Kier alpha value is -3.07. The van der Waals surface area contributed by atoms with E-state index in [0.29, 0.717) is 5.69 Å². The Balaban J connectivity index is 2.05. The third kappa shape index (κ3) is 6.79. The molecular formula is C20H22F3N3O3. The van der Waals surface area contributed by atoms with Gasteiger partial charge in [-0.25, -0.2) is 0 Å². The van der Waals surface area contributed by atoms with Gasteiger partial charge in [0.1, 0.15) is 11.8 Å². The highest BCUT2D eigenvalue weighted by atomic mass is 19.4. The molecule has 29 heavy (non-hydrogen) atoms. The van der Waals surface area contributed by atoms with E-state index in [1.54, 1.807) is 38.2 Å². The molecule has 156 valence electrons. The first-order valence-electron chi connectivity index (χ1n) is 8.69. The molecule has 2 rings (SSSR count). The Labute approximate surface area is 166 Å². The van der Waals surface area contributed by atoms with Crippen LogP contribution in [-0.2, 0) is 9.59 Å². The molecule has 2 aromatic rings. The van der Waals surface area contributed by atoms with E-state index in [1.807, 2.05) is 18.2 Å². The van der Waals surface area contributed by atoms with Gasteiger partial charge in [0.2, 0.25) is 11.8 Å². The van der Waals surface area contributed by atoms with Crippen LogP contribution < -0.4 is 10.1 Å². The van der Waals surface area contributed by atoms with Gasteiger partial charge in [-0.15, -0.1) is 13.2 Å². The SMILES string of the molecule is CN(C)C(=O)[C@H](c1ccccc1)N(C)CC(=O)Nc1ccc(OC(F)(F)F)cc1. The number of nitrogens with one attached hydrogen (secondary N) is 1. The molecule has 0 bridgehead atoms. The number of anilines is 1. The summed E-state index contributed by atoms with van der Waals surface area (Å²) < 4.78 is 40.4. The minimum Gasteiger partial charge on any atom is -0.406 e. The summed E-state index contributed by atoms with van der Waals surface area (Å²) in [5.41, 5.74) is 1.06. The van der Waals surface area contributed by atoms with Crippen LogP contribution in [0.3, 0.4) is 0 Å². The molecule has 0 heterocycles. The third-order valence-corrected chi connectivity index (χ3v) is 4.00. The summed E-state index contributed by atoms with van der Waals surface area (Å²) in [6.45, 7) is -0.0973. The predicted octanol–water partition coefficient (Wildman–Crippen LogP) is 3.29. The van der Waals surface area contributed by atoms with Gasteiger partial charge in [-0.3, -0.25) is 14.5 Å². The first kappa shape index (κ1) is 22.2. The second kappa shape index (κ2) is 9.42. The van der Waals surface area contributed by atoms with E-state index in [0.717, 1.165) is 17.7 Å². The van der Waals surface area contributed by atoms with Gasteiger partial charge in [-0.05, 0) is 36.9 Å². The summed E-state index contributed by atoms with van der Waals surface area (Å²) in [4.78, 5) is 28.1. The molecule has 0 unspecified atom stereocenters. The molecule has 2 amide bonds. The molecule has 1 atom stereocenters. The van der Waals surface area contributed by atoms with Gasteiger partial charge in [0.25, 0.3) is 0 Å². The lowest BCUT2D eigenvalue weighted by molar-refractivity contribution is -0.274. The molecule has 6 nitrogen and oxygen atoms in total. The lowest BCUT2D eigenvalue weighted by Gasteiger charge is -2.29. The number of rotatable bonds is 7. The van der Waals surface area contributed by atoms with Crippen molar-refractivity contribution in [3.8, 4) is 5.75 Å². The van der Waals surface area contributed by atoms with Crippen molar-refractivity contribution in [2.45, 2.75) is 12.4 Å². The molecule has 0 aromatic heterocycles. The number of alkyl halides is 3. The van der Waals surface area contributed by atoms with E-state index in [-0.39, 0.29) is 18.2 Å². The smallest absolute Gasteiger partial charge is 0.406 e. The monoisotopic (exact) mass is 409 g/mol. The Morgan fingerprint density at radius 1 is 1.00 bits per heavy atom. The molecular weight excluding hydrogens is 387 g/mol. The lowest BCUT2D eigenvalue weighted by atomic mass is 10.0. The largest absolute Gasteiger partial charge is 0.573 e. The minimum absolute atomic E-state index is 0.0973. The maximum Gasteiger partial charge on any atom is 0.573 e. The van der Waals surface area contributed by atoms with E-state index in [4.69, 9.17) is 0 Å². The van der Waals surface area contributed by atoms with Crippen molar-refractivity contribution < 1.29 is 27.5 Å². The fourth-order valence-electron chi connectivity index (χ4n) is 2.72. The van der Waals surface area contributed by atoms with Crippen molar-refractivity contribution in [3.05, 3.63) is 60.2 Å². The summed E-state index contributed by atoms with van der Waals surface area (Å²) in [7, 11) is 4.92. The predicted molar refractivity (Wildman–Crippen MR) is 102 cm³/mol. The van der Waals surface area contributed by atoms with Crippen LogP contribution >= 0.6 is 0 Å². The maximum absolute atomic E-state index is 12.6. The van der Waals surface area contributed by atoms with Crippen LogP contribution in [0, 0.1) is 0 Å². The van der Waals surface area contributed by atoms with E-state index in [2.05, 4.69) is 10.1 Å². The minimum atomic E-state index is -4.78. The molecule has 0 saturated carbocycles. The van der Waals surface area contributed by atoms with Gasteiger partial charge in [-0.2, -0.15) is 0 Å². The summed E-state index contributed by atoms with van der Waals surface area (Å²) in [5, 5.41) is 2.60. The van der Waals surface area contributed by atoms with Gasteiger partial charge in [-0.1, -0.05) is 30.3 Å². The number of likely N-dealkylation sites (N-methyl/N-ethyl adjacent to an activating group) is 2. The fourth-order valence-corrected chi connectivity index (χ4v) is 2.72. The van der Waals surface area contributed by atoms with Gasteiger partial charge in [0, 0.05) is 19.8 Å². The van der Waals surface area contributed by atoms with E-state index >= 15 is 0 Å². The zero-order chi connectivity index (χ0) is 21.6. The van der Waals surface area contributed by atoms with Crippen molar-refractivity contribution in [2.24, 2.45) is 0 Å². The highest BCUT2D eigenvalue weighted by molar-refractivity contribution is 5.93. The van der Waals surface area contributed by atoms with Crippen LogP contribution in [0.1, 0.15) is 11.6 Å². The highest BCUT2D eigenvalue weighted by Gasteiger charge is 2.31. The number of ether oxygens (including phenoxy) is 1. The number of amides is 2. The second-order valence-corrected chi connectivity index (χ2v) is 6.58. The van der Waals surface area contributed by atoms with Crippen molar-refractivity contribution in [3.63, 3.8) is 0 Å². The first-order chi connectivity index (χ1) is 13.6. The molecule has 0 radical (unpaired) electrons. The average Bonchev–Trinajstić information content (AvgIpc) is 2.63. The second-order valence-electron chi connectivity index (χ2n) is 6.58. The zero-order valence-corrected chi connectivity index (χ0v) is 16.2. The van der Waals surface area contributed by atoms with Crippen LogP contribution in [0.2, 0.25) is 0 Å². The normalized spacial score (nSPS) is 12.4. The van der Waals surface area contributed by atoms with Crippen LogP contribution in [0.25, 0.3) is 0 Å². The van der Waals surface area contributed by atoms with Gasteiger partial charge >= 0.3 is 6.36 Å². The number of hydrogen-bond acceptors (Lipinski definition) is 4. The van der Waals surface area contributed by atoms with Crippen LogP contribution in [0.4, 0.5) is 18.9 Å². The number of benzene rings is 2. The van der Waals surface area contributed by atoms with Gasteiger partial charge in [0.05, 0.1) is 6.54 Å². The molecule has 0 saturated heterocycles. The number of hydrogen-bond donors (Lipinski definition) is 1. The molecule has 0 aliphatic carbocycles. The standard InChI is InChI=1S/C20H22F3N3O3/c1-25(2)19(28)18(14-7-5-4-6-8-14)26(3)13-17(27)24-15-9-11-16(12-10-15)29-20(21,22)23/h4-12,18H,13H2,1-3H3,(H,24,27)/t18-/m0/s1. The Kier molecular flexibility index (Phi) is 7.22. The van der Waals surface area contributed by atoms with E-state index < -0.39 is 18.3 Å². The van der Waals surface area contributed by atoms with E-state index in [1.165, 1.54) is 17.0 Å². The number of nitrogens with zero attached hydrogens (tertiary/aromatic N) is 2. The first-order valence-corrected chi connectivity index (χ1v) is 8.69. The van der Waals surface area contributed by atoms with Gasteiger partial charge in [0.15, 0.2) is 0 Å². The van der Waals surface area contributed by atoms with Gasteiger partial charge < -0.3 is 15.0 Å². The topological polar surface area (TPSA) is 61.9 Å². The Bertz CT molecular complexity index is 824. The van der Waals surface area contributed by atoms with Crippen molar-refractivity contribution >= 4 is 17.5 Å². The quantitative estimate of drug-likeness (QED) is 0.763. The van der Waals surface area contributed by atoms with E-state index in [9.17, 15) is 22.8 Å². The summed E-state index contributed by atoms with van der Waals surface area (Å²) in [5.74, 6) is -0.974. The summed E-state index contributed by atoms with van der Waals surface area (Å²) >= 11 is 0.